The van der Waals surface area contributed by atoms with E-state index in [0.717, 1.165) is 17.9 Å². The first-order valence-electron chi connectivity index (χ1n) is 7.33. The molecule has 1 nitrogen and oxygen atoms in total. The van der Waals surface area contributed by atoms with Gasteiger partial charge in [-0.2, -0.15) is 0 Å². The molecule has 17 heavy (non-hydrogen) atoms. The molecule has 0 aromatic rings. The second kappa shape index (κ2) is 7.41. The molecular weight excluding hydrogens is 206 g/mol. The maximum absolute atomic E-state index is 2.53. The molecule has 0 aliphatic carbocycles. The molecule has 1 heteroatoms. The van der Waals surface area contributed by atoms with Crippen LogP contribution in [0.4, 0.5) is 0 Å². The van der Waals surface area contributed by atoms with Gasteiger partial charge in [0.1, 0.15) is 0 Å². The van der Waals surface area contributed by atoms with Crippen molar-refractivity contribution in [2.45, 2.75) is 73.8 Å². The fourth-order valence-corrected chi connectivity index (χ4v) is 1.79. The largest absolute Gasteiger partial charge is 0.304 e. The van der Waals surface area contributed by atoms with Crippen LogP contribution in [0.1, 0.15) is 67.7 Å². The van der Waals surface area contributed by atoms with Crippen molar-refractivity contribution in [2.75, 3.05) is 13.6 Å². The minimum atomic E-state index is 0.458. The van der Waals surface area contributed by atoms with Gasteiger partial charge in [0, 0.05) is 6.04 Å². The summed E-state index contributed by atoms with van der Waals surface area (Å²) >= 11 is 0. The average molecular weight is 241 g/mol. The number of rotatable bonds is 7. The van der Waals surface area contributed by atoms with Gasteiger partial charge < -0.3 is 4.90 Å². The summed E-state index contributed by atoms with van der Waals surface area (Å²) in [4.78, 5) is 2.53. The van der Waals surface area contributed by atoms with Crippen LogP contribution in [0.5, 0.6) is 0 Å². The minimum Gasteiger partial charge on any atom is -0.304 e. The highest BCUT2D eigenvalue weighted by molar-refractivity contribution is 4.70. The van der Waals surface area contributed by atoms with Crippen molar-refractivity contribution in [1.29, 1.82) is 0 Å². The van der Waals surface area contributed by atoms with Crippen molar-refractivity contribution in [2.24, 2.45) is 17.3 Å². The third kappa shape index (κ3) is 8.65. The highest BCUT2D eigenvalue weighted by Gasteiger charge is 2.16. The van der Waals surface area contributed by atoms with E-state index in [1.165, 1.54) is 25.8 Å². The maximum Gasteiger partial charge on any atom is 0.00639 e. The lowest BCUT2D eigenvalue weighted by Gasteiger charge is -2.29. The van der Waals surface area contributed by atoms with Crippen molar-refractivity contribution in [3.8, 4) is 0 Å². The zero-order valence-electron chi connectivity index (χ0n) is 13.5. The summed E-state index contributed by atoms with van der Waals surface area (Å²) < 4.78 is 0. The average Bonchev–Trinajstić information content (AvgIpc) is 2.20. The molecule has 104 valence electrons. The van der Waals surface area contributed by atoms with Crippen LogP contribution in [-0.4, -0.2) is 24.5 Å². The van der Waals surface area contributed by atoms with Gasteiger partial charge in [-0.3, -0.25) is 0 Å². The lowest BCUT2D eigenvalue weighted by Crippen LogP contribution is -2.32. The van der Waals surface area contributed by atoms with Crippen LogP contribution >= 0.6 is 0 Å². The molecular formula is C16H35N. The van der Waals surface area contributed by atoms with Crippen molar-refractivity contribution in [3.05, 3.63) is 0 Å². The van der Waals surface area contributed by atoms with E-state index in [4.69, 9.17) is 0 Å². The molecule has 0 saturated heterocycles. The third-order valence-corrected chi connectivity index (χ3v) is 4.14. The van der Waals surface area contributed by atoms with Gasteiger partial charge in [0.05, 0.1) is 0 Å². The van der Waals surface area contributed by atoms with Crippen LogP contribution in [0, 0.1) is 17.3 Å². The van der Waals surface area contributed by atoms with Crippen LogP contribution in [0.3, 0.4) is 0 Å². The van der Waals surface area contributed by atoms with Crippen molar-refractivity contribution < 1.29 is 0 Å². The smallest absolute Gasteiger partial charge is 0.00639 e. The standard InChI is InChI=1S/C16H35N/c1-13(2)14(3)9-10-15(4)17(8)12-11-16(5,6)7/h13-15H,9-12H2,1-8H3. The fourth-order valence-electron chi connectivity index (χ4n) is 1.79. The van der Waals surface area contributed by atoms with E-state index in [1.54, 1.807) is 0 Å². The molecule has 0 bridgehead atoms. The van der Waals surface area contributed by atoms with Crippen LogP contribution in [0.15, 0.2) is 0 Å². The quantitative estimate of drug-likeness (QED) is 0.618. The monoisotopic (exact) mass is 241 g/mol. The van der Waals surface area contributed by atoms with Gasteiger partial charge in [-0.15, -0.1) is 0 Å². The first kappa shape index (κ1) is 17.0. The SMILES string of the molecule is CC(C)C(C)CCC(C)N(C)CCC(C)(C)C. The first-order valence-corrected chi connectivity index (χ1v) is 7.33. The van der Waals surface area contributed by atoms with Crippen LogP contribution in [0.2, 0.25) is 0 Å². The lowest BCUT2D eigenvalue weighted by molar-refractivity contribution is 0.197. The Morgan fingerprint density at radius 3 is 1.88 bits per heavy atom. The zero-order valence-corrected chi connectivity index (χ0v) is 13.5. The van der Waals surface area contributed by atoms with E-state index in [2.05, 4.69) is 60.4 Å². The summed E-state index contributed by atoms with van der Waals surface area (Å²) in [6.45, 7) is 17.6. The topological polar surface area (TPSA) is 3.24 Å². The van der Waals surface area contributed by atoms with E-state index in [-0.39, 0.29) is 0 Å². The molecule has 2 atom stereocenters. The molecule has 0 saturated carbocycles. The maximum atomic E-state index is 2.53. The van der Waals surface area contributed by atoms with Crippen LogP contribution < -0.4 is 0 Å². The third-order valence-electron chi connectivity index (χ3n) is 4.14. The van der Waals surface area contributed by atoms with E-state index in [1.807, 2.05) is 0 Å². The summed E-state index contributed by atoms with van der Waals surface area (Å²) in [5.41, 5.74) is 0.458. The Labute approximate surface area is 110 Å². The fraction of sp³-hybridized carbons (Fsp3) is 1.00. The first-order chi connectivity index (χ1) is 7.63. The highest BCUT2D eigenvalue weighted by atomic mass is 15.1. The Kier molecular flexibility index (Phi) is 7.39. The highest BCUT2D eigenvalue weighted by Crippen LogP contribution is 2.21. The van der Waals surface area contributed by atoms with E-state index < -0.39 is 0 Å². The Morgan fingerprint density at radius 1 is 0.941 bits per heavy atom. The van der Waals surface area contributed by atoms with Gasteiger partial charge in [-0.05, 0) is 57.0 Å². The molecule has 0 rings (SSSR count). The number of nitrogens with zero attached hydrogens (tertiary/aromatic N) is 1. The Hall–Kier alpha value is -0.0400. The molecule has 0 aromatic heterocycles. The van der Waals surface area contributed by atoms with Crippen molar-refractivity contribution >= 4 is 0 Å². The normalized spacial score (nSPS) is 16.6. The molecule has 2 unspecified atom stereocenters. The van der Waals surface area contributed by atoms with Gasteiger partial charge in [0.2, 0.25) is 0 Å². The second-order valence-electron chi connectivity index (χ2n) is 7.44. The summed E-state index contributed by atoms with van der Waals surface area (Å²) in [5, 5.41) is 0. The summed E-state index contributed by atoms with van der Waals surface area (Å²) in [6.07, 6.45) is 3.98. The molecule has 0 heterocycles. The van der Waals surface area contributed by atoms with Gasteiger partial charge in [0.15, 0.2) is 0 Å². The molecule has 0 amide bonds. The number of hydrogen-bond donors (Lipinski definition) is 0. The molecule has 0 aromatic carbocycles. The molecule has 0 spiro atoms. The van der Waals surface area contributed by atoms with E-state index >= 15 is 0 Å². The number of hydrogen-bond acceptors (Lipinski definition) is 1. The van der Waals surface area contributed by atoms with Crippen molar-refractivity contribution in [1.82, 2.24) is 4.90 Å². The Bertz CT molecular complexity index is 190. The van der Waals surface area contributed by atoms with E-state index in [9.17, 15) is 0 Å². The lowest BCUT2D eigenvalue weighted by atomic mass is 9.90. The van der Waals surface area contributed by atoms with Crippen molar-refractivity contribution in [3.63, 3.8) is 0 Å². The summed E-state index contributed by atoms with van der Waals surface area (Å²) in [5.74, 6) is 1.68. The Morgan fingerprint density at radius 2 is 1.47 bits per heavy atom. The van der Waals surface area contributed by atoms with Gasteiger partial charge >= 0.3 is 0 Å². The predicted octanol–water partition coefficient (Wildman–Crippen LogP) is 4.82. The predicted molar refractivity (Wildman–Crippen MR) is 79.4 cm³/mol. The summed E-state index contributed by atoms with van der Waals surface area (Å²) in [6, 6.07) is 0.721. The molecule has 0 fully saturated rings. The Balaban J connectivity index is 3.86. The molecule has 0 aliphatic heterocycles. The molecule has 0 radical (unpaired) electrons. The van der Waals surface area contributed by atoms with Gasteiger partial charge in [-0.25, -0.2) is 0 Å². The zero-order chi connectivity index (χ0) is 13.6. The van der Waals surface area contributed by atoms with Gasteiger partial charge in [-0.1, -0.05) is 41.5 Å². The van der Waals surface area contributed by atoms with Crippen LogP contribution in [0.25, 0.3) is 0 Å². The summed E-state index contributed by atoms with van der Waals surface area (Å²) in [7, 11) is 2.27. The minimum absolute atomic E-state index is 0.458. The molecule has 0 N–H and O–H groups in total. The van der Waals surface area contributed by atoms with E-state index in [0.29, 0.717) is 5.41 Å². The second-order valence-corrected chi connectivity index (χ2v) is 7.44. The van der Waals surface area contributed by atoms with Crippen LogP contribution in [-0.2, 0) is 0 Å². The van der Waals surface area contributed by atoms with Gasteiger partial charge in [0.25, 0.3) is 0 Å². The molecule has 0 aliphatic rings.